The number of carbonyl (C=O) groups is 1. The van der Waals surface area contributed by atoms with Crippen LogP contribution in [0.25, 0.3) is 0 Å². The van der Waals surface area contributed by atoms with Gasteiger partial charge < -0.3 is 9.32 Å². The fraction of sp³-hybridized carbons (Fsp3) is 0.375. The molecule has 0 N–H and O–H groups in total. The van der Waals surface area contributed by atoms with E-state index >= 15 is 0 Å². The van der Waals surface area contributed by atoms with Gasteiger partial charge in [0, 0.05) is 24.2 Å². The SMILES string of the molecule is Cc1nc(CN2CCCC(=O)c3ccccc32)oc1C. The molecule has 3 rings (SSSR count). The van der Waals surface area contributed by atoms with Gasteiger partial charge in [-0.15, -0.1) is 0 Å². The second kappa shape index (κ2) is 5.12. The van der Waals surface area contributed by atoms with Crippen LogP contribution < -0.4 is 4.90 Å². The number of Topliss-reactive ketones (excluding diaryl/α,β-unsaturated/α-hetero) is 1. The van der Waals surface area contributed by atoms with Crippen LogP contribution >= 0.6 is 0 Å². The molecule has 0 fully saturated rings. The molecule has 0 bridgehead atoms. The first-order chi connectivity index (χ1) is 9.65. The Bertz CT molecular complexity index is 626. The number of rotatable bonds is 2. The van der Waals surface area contributed by atoms with Crippen molar-refractivity contribution in [3.8, 4) is 0 Å². The molecular weight excluding hydrogens is 252 g/mol. The quantitative estimate of drug-likeness (QED) is 0.840. The highest BCUT2D eigenvalue weighted by molar-refractivity contribution is 6.01. The summed E-state index contributed by atoms with van der Waals surface area (Å²) in [5, 5.41) is 0. The molecule has 1 aromatic carbocycles. The van der Waals surface area contributed by atoms with Crippen LogP contribution in [0.1, 0.15) is 40.5 Å². The highest BCUT2D eigenvalue weighted by atomic mass is 16.4. The molecule has 2 aromatic rings. The van der Waals surface area contributed by atoms with Crippen molar-refractivity contribution in [3.63, 3.8) is 0 Å². The molecule has 2 heterocycles. The predicted molar refractivity (Wildman–Crippen MR) is 77.0 cm³/mol. The van der Waals surface area contributed by atoms with Crippen molar-refractivity contribution in [1.29, 1.82) is 0 Å². The molecule has 0 saturated carbocycles. The molecule has 1 aliphatic heterocycles. The van der Waals surface area contributed by atoms with Gasteiger partial charge in [0.15, 0.2) is 5.78 Å². The molecule has 0 atom stereocenters. The molecule has 1 aliphatic rings. The number of aryl methyl sites for hydroxylation is 2. The minimum absolute atomic E-state index is 0.225. The van der Waals surface area contributed by atoms with E-state index in [0.29, 0.717) is 18.9 Å². The summed E-state index contributed by atoms with van der Waals surface area (Å²) in [6.45, 7) is 5.33. The van der Waals surface area contributed by atoms with Gasteiger partial charge in [0.05, 0.1) is 12.2 Å². The van der Waals surface area contributed by atoms with Crippen LogP contribution in [0, 0.1) is 13.8 Å². The number of hydrogen-bond acceptors (Lipinski definition) is 4. The summed E-state index contributed by atoms with van der Waals surface area (Å²) in [5.41, 5.74) is 2.73. The van der Waals surface area contributed by atoms with Gasteiger partial charge in [-0.05, 0) is 32.4 Å². The zero-order valence-corrected chi connectivity index (χ0v) is 11.8. The summed E-state index contributed by atoms with van der Waals surface area (Å²) in [7, 11) is 0. The van der Waals surface area contributed by atoms with Gasteiger partial charge in [-0.25, -0.2) is 4.98 Å². The Labute approximate surface area is 118 Å². The lowest BCUT2D eigenvalue weighted by molar-refractivity contribution is 0.0984. The second-order valence-corrected chi connectivity index (χ2v) is 5.21. The van der Waals surface area contributed by atoms with Gasteiger partial charge in [-0.1, -0.05) is 12.1 Å². The highest BCUT2D eigenvalue weighted by Crippen LogP contribution is 2.27. The zero-order chi connectivity index (χ0) is 14.1. The highest BCUT2D eigenvalue weighted by Gasteiger charge is 2.21. The van der Waals surface area contributed by atoms with Crippen LogP contribution in [0.3, 0.4) is 0 Å². The van der Waals surface area contributed by atoms with E-state index in [9.17, 15) is 4.79 Å². The maximum Gasteiger partial charge on any atom is 0.214 e. The Balaban J connectivity index is 1.93. The van der Waals surface area contributed by atoms with Gasteiger partial charge in [0.1, 0.15) is 5.76 Å². The summed E-state index contributed by atoms with van der Waals surface area (Å²) in [6.07, 6.45) is 1.48. The first kappa shape index (κ1) is 12.9. The molecule has 0 saturated heterocycles. The first-order valence-electron chi connectivity index (χ1n) is 6.95. The fourth-order valence-electron chi connectivity index (χ4n) is 2.61. The van der Waals surface area contributed by atoms with E-state index in [1.54, 1.807) is 0 Å². The Kier molecular flexibility index (Phi) is 3.30. The third kappa shape index (κ3) is 2.33. The van der Waals surface area contributed by atoms with Crippen LogP contribution in [0.15, 0.2) is 28.7 Å². The summed E-state index contributed by atoms with van der Waals surface area (Å²) in [5.74, 6) is 1.80. The van der Waals surface area contributed by atoms with Gasteiger partial charge in [-0.3, -0.25) is 4.79 Å². The molecule has 104 valence electrons. The molecule has 1 aromatic heterocycles. The molecular formula is C16H18N2O2. The Morgan fingerprint density at radius 1 is 1.30 bits per heavy atom. The van der Waals surface area contributed by atoms with E-state index in [4.69, 9.17) is 4.42 Å². The monoisotopic (exact) mass is 270 g/mol. The van der Waals surface area contributed by atoms with E-state index in [1.165, 1.54) is 0 Å². The van der Waals surface area contributed by atoms with Crippen molar-refractivity contribution in [1.82, 2.24) is 4.98 Å². The van der Waals surface area contributed by atoms with E-state index in [1.807, 2.05) is 38.1 Å². The van der Waals surface area contributed by atoms with Crippen molar-refractivity contribution in [2.75, 3.05) is 11.4 Å². The van der Waals surface area contributed by atoms with Gasteiger partial charge in [-0.2, -0.15) is 0 Å². The smallest absolute Gasteiger partial charge is 0.214 e. The molecule has 0 amide bonds. The van der Waals surface area contributed by atoms with Crippen molar-refractivity contribution < 1.29 is 9.21 Å². The van der Waals surface area contributed by atoms with Crippen LogP contribution in [0.5, 0.6) is 0 Å². The summed E-state index contributed by atoms with van der Waals surface area (Å²) in [4.78, 5) is 18.7. The Hall–Kier alpha value is -2.10. The largest absolute Gasteiger partial charge is 0.444 e. The number of aromatic nitrogens is 1. The van der Waals surface area contributed by atoms with Crippen LogP contribution in [0.2, 0.25) is 0 Å². The average molecular weight is 270 g/mol. The van der Waals surface area contributed by atoms with Gasteiger partial charge >= 0.3 is 0 Å². The van der Waals surface area contributed by atoms with Crippen LogP contribution in [0.4, 0.5) is 5.69 Å². The number of carbonyl (C=O) groups excluding carboxylic acids is 1. The number of benzene rings is 1. The summed E-state index contributed by atoms with van der Waals surface area (Å²) >= 11 is 0. The molecule has 0 radical (unpaired) electrons. The Morgan fingerprint density at radius 3 is 2.85 bits per heavy atom. The van der Waals surface area contributed by atoms with Gasteiger partial charge in [0.25, 0.3) is 0 Å². The average Bonchev–Trinajstić information content (AvgIpc) is 2.66. The van der Waals surface area contributed by atoms with Crippen molar-refractivity contribution in [2.45, 2.75) is 33.2 Å². The van der Waals surface area contributed by atoms with Crippen LogP contribution in [-0.2, 0) is 6.54 Å². The molecule has 0 aliphatic carbocycles. The third-order valence-corrected chi connectivity index (χ3v) is 3.78. The topological polar surface area (TPSA) is 46.3 Å². The second-order valence-electron chi connectivity index (χ2n) is 5.21. The lowest BCUT2D eigenvalue weighted by atomic mass is 10.1. The molecule has 4 nitrogen and oxygen atoms in total. The number of ketones is 1. The molecule has 20 heavy (non-hydrogen) atoms. The van der Waals surface area contributed by atoms with Gasteiger partial charge in [0.2, 0.25) is 5.89 Å². The third-order valence-electron chi connectivity index (χ3n) is 3.78. The summed E-state index contributed by atoms with van der Waals surface area (Å²) < 4.78 is 5.66. The minimum Gasteiger partial charge on any atom is -0.444 e. The lowest BCUT2D eigenvalue weighted by Crippen LogP contribution is -2.23. The molecule has 0 unspecified atom stereocenters. The standard InChI is InChI=1S/C16H18N2O2/c1-11-12(2)20-16(17-11)10-18-9-5-8-15(19)13-6-3-4-7-14(13)18/h3-4,6-7H,5,8-10H2,1-2H3. The number of oxazole rings is 1. The first-order valence-corrected chi connectivity index (χ1v) is 6.95. The van der Waals surface area contributed by atoms with Crippen molar-refractivity contribution in [2.24, 2.45) is 0 Å². The minimum atomic E-state index is 0.225. The summed E-state index contributed by atoms with van der Waals surface area (Å²) in [6, 6.07) is 7.79. The fourth-order valence-corrected chi connectivity index (χ4v) is 2.61. The number of fused-ring (bicyclic) bond motifs is 1. The lowest BCUT2D eigenvalue weighted by Gasteiger charge is -2.22. The number of para-hydroxylation sites is 1. The number of anilines is 1. The van der Waals surface area contributed by atoms with E-state index in [2.05, 4.69) is 9.88 Å². The van der Waals surface area contributed by atoms with Crippen molar-refractivity contribution >= 4 is 11.5 Å². The molecule has 4 heteroatoms. The maximum absolute atomic E-state index is 12.1. The van der Waals surface area contributed by atoms with Crippen LogP contribution in [-0.4, -0.2) is 17.3 Å². The zero-order valence-electron chi connectivity index (χ0n) is 11.8. The Morgan fingerprint density at radius 2 is 2.10 bits per heavy atom. The normalized spacial score (nSPS) is 15.1. The number of hydrogen-bond donors (Lipinski definition) is 0. The van der Waals surface area contributed by atoms with Crippen molar-refractivity contribution in [3.05, 3.63) is 47.2 Å². The maximum atomic E-state index is 12.1. The predicted octanol–water partition coefficient (Wildman–Crippen LogP) is 3.27. The molecule has 0 spiro atoms. The van der Waals surface area contributed by atoms with E-state index in [0.717, 1.165) is 35.7 Å². The van der Waals surface area contributed by atoms with E-state index < -0.39 is 0 Å². The number of nitrogens with zero attached hydrogens (tertiary/aromatic N) is 2. The van der Waals surface area contributed by atoms with E-state index in [-0.39, 0.29) is 5.78 Å².